The molecule has 2 aromatic rings. The first-order chi connectivity index (χ1) is 9.17. The third-order valence-corrected chi connectivity index (χ3v) is 4.01. The second-order valence-corrected chi connectivity index (χ2v) is 5.79. The van der Waals surface area contributed by atoms with Gasteiger partial charge in [0.2, 0.25) is 0 Å². The van der Waals surface area contributed by atoms with Crippen molar-refractivity contribution in [3.63, 3.8) is 0 Å². The smallest absolute Gasteiger partial charge is 0.178 e. The SMILES string of the molecule is CC1(C)CCCC1Nc1cccnc1-n1cncn1. The third kappa shape index (κ3) is 2.32. The third-order valence-electron chi connectivity index (χ3n) is 4.01. The standard InChI is InChI=1S/C14H19N5/c1-14(2)7-3-6-12(14)18-11-5-4-8-16-13(11)19-10-15-9-17-19/h4-5,8-10,12,18H,3,6-7H2,1-2H3. The number of hydrogen-bond acceptors (Lipinski definition) is 4. The van der Waals surface area contributed by atoms with E-state index in [0.717, 1.165) is 11.5 Å². The molecule has 0 bridgehead atoms. The zero-order chi connectivity index (χ0) is 13.3. The van der Waals surface area contributed by atoms with Crippen LogP contribution in [0.4, 0.5) is 5.69 Å². The first kappa shape index (κ1) is 12.1. The number of hydrogen-bond donors (Lipinski definition) is 1. The molecule has 0 spiro atoms. The molecule has 1 N–H and O–H groups in total. The molecule has 0 aliphatic heterocycles. The van der Waals surface area contributed by atoms with Gasteiger partial charge in [0.1, 0.15) is 12.7 Å². The fourth-order valence-electron chi connectivity index (χ4n) is 2.79. The van der Waals surface area contributed by atoms with Gasteiger partial charge in [-0.2, -0.15) is 5.10 Å². The highest BCUT2D eigenvalue weighted by Crippen LogP contribution is 2.39. The molecule has 1 atom stereocenters. The minimum absolute atomic E-state index is 0.329. The summed E-state index contributed by atoms with van der Waals surface area (Å²) >= 11 is 0. The van der Waals surface area contributed by atoms with Gasteiger partial charge in [0.25, 0.3) is 0 Å². The van der Waals surface area contributed by atoms with E-state index in [4.69, 9.17) is 0 Å². The van der Waals surface area contributed by atoms with Gasteiger partial charge < -0.3 is 5.32 Å². The molecule has 1 fully saturated rings. The van der Waals surface area contributed by atoms with E-state index >= 15 is 0 Å². The lowest BCUT2D eigenvalue weighted by molar-refractivity contribution is 0.350. The van der Waals surface area contributed by atoms with Crippen LogP contribution in [0.3, 0.4) is 0 Å². The monoisotopic (exact) mass is 257 g/mol. The highest BCUT2D eigenvalue weighted by atomic mass is 15.3. The van der Waals surface area contributed by atoms with Crippen molar-refractivity contribution < 1.29 is 0 Å². The Morgan fingerprint density at radius 2 is 2.32 bits per heavy atom. The molecule has 0 saturated heterocycles. The van der Waals surface area contributed by atoms with Crippen molar-refractivity contribution in [3.05, 3.63) is 31.0 Å². The Morgan fingerprint density at radius 1 is 1.42 bits per heavy atom. The number of nitrogens with one attached hydrogen (secondary N) is 1. The van der Waals surface area contributed by atoms with Crippen molar-refractivity contribution in [2.75, 3.05) is 5.32 Å². The van der Waals surface area contributed by atoms with Gasteiger partial charge in [-0.15, -0.1) is 0 Å². The molecule has 1 unspecified atom stereocenters. The lowest BCUT2D eigenvalue weighted by Crippen LogP contribution is -2.31. The molecule has 0 radical (unpaired) electrons. The Bertz CT molecular complexity index is 547. The van der Waals surface area contributed by atoms with Gasteiger partial charge in [-0.1, -0.05) is 20.3 Å². The number of rotatable bonds is 3. The van der Waals surface area contributed by atoms with Gasteiger partial charge in [-0.05, 0) is 30.4 Å². The van der Waals surface area contributed by atoms with Crippen LogP contribution in [0.2, 0.25) is 0 Å². The van der Waals surface area contributed by atoms with E-state index < -0.39 is 0 Å². The summed E-state index contributed by atoms with van der Waals surface area (Å²) in [4.78, 5) is 8.39. The second kappa shape index (κ2) is 4.64. The van der Waals surface area contributed by atoms with Crippen molar-refractivity contribution in [1.29, 1.82) is 0 Å². The summed E-state index contributed by atoms with van der Waals surface area (Å²) in [5, 5.41) is 7.80. The quantitative estimate of drug-likeness (QED) is 0.918. The molecular weight excluding hydrogens is 238 g/mol. The van der Waals surface area contributed by atoms with Crippen LogP contribution in [0.1, 0.15) is 33.1 Å². The highest BCUT2D eigenvalue weighted by molar-refractivity contribution is 5.57. The van der Waals surface area contributed by atoms with E-state index in [0.29, 0.717) is 11.5 Å². The molecule has 1 saturated carbocycles. The lowest BCUT2D eigenvalue weighted by Gasteiger charge is -2.29. The first-order valence-corrected chi connectivity index (χ1v) is 6.73. The van der Waals surface area contributed by atoms with Crippen molar-refractivity contribution in [3.8, 4) is 5.82 Å². The molecule has 5 nitrogen and oxygen atoms in total. The topological polar surface area (TPSA) is 55.6 Å². The molecule has 0 amide bonds. The van der Waals surface area contributed by atoms with Crippen LogP contribution in [-0.4, -0.2) is 25.8 Å². The summed E-state index contributed by atoms with van der Waals surface area (Å²) in [5.74, 6) is 0.808. The van der Waals surface area contributed by atoms with Crippen molar-refractivity contribution in [2.45, 2.75) is 39.2 Å². The van der Waals surface area contributed by atoms with Crippen LogP contribution >= 0.6 is 0 Å². The number of nitrogens with zero attached hydrogens (tertiary/aromatic N) is 4. The fraction of sp³-hybridized carbons (Fsp3) is 0.500. The van der Waals surface area contributed by atoms with Gasteiger partial charge in [0, 0.05) is 12.2 Å². The minimum atomic E-state index is 0.329. The van der Waals surface area contributed by atoms with E-state index in [9.17, 15) is 0 Å². The van der Waals surface area contributed by atoms with Crippen molar-refractivity contribution >= 4 is 5.69 Å². The molecule has 2 aromatic heterocycles. The first-order valence-electron chi connectivity index (χ1n) is 6.73. The maximum absolute atomic E-state index is 4.41. The highest BCUT2D eigenvalue weighted by Gasteiger charge is 2.34. The van der Waals surface area contributed by atoms with Gasteiger partial charge in [-0.25, -0.2) is 14.6 Å². The lowest BCUT2D eigenvalue weighted by atomic mass is 9.87. The Balaban J connectivity index is 1.89. The number of aromatic nitrogens is 4. The second-order valence-electron chi connectivity index (χ2n) is 5.79. The van der Waals surface area contributed by atoms with Crippen LogP contribution < -0.4 is 5.32 Å². The van der Waals surface area contributed by atoms with E-state index in [2.05, 4.69) is 40.3 Å². The summed E-state index contributed by atoms with van der Waals surface area (Å²) in [6, 6.07) is 4.49. The minimum Gasteiger partial charge on any atom is -0.379 e. The van der Waals surface area contributed by atoms with Crippen LogP contribution in [0.25, 0.3) is 5.82 Å². The molecule has 5 heteroatoms. The summed E-state index contributed by atoms with van der Waals surface area (Å²) in [6.45, 7) is 4.65. The van der Waals surface area contributed by atoms with Crippen LogP contribution in [0, 0.1) is 5.41 Å². The maximum atomic E-state index is 4.41. The molecule has 1 aliphatic rings. The van der Waals surface area contributed by atoms with Crippen LogP contribution in [0.15, 0.2) is 31.0 Å². The van der Waals surface area contributed by atoms with Crippen molar-refractivity contribution in [2.24, 2.45) is 5.41 Å². The fourth-order valence-corrected chi connectivity index (χ4v) is 2.79. The summed E-state index contributed by atoms with van der Waals surface area (Å²) in [5.41, 5.74) is 1.35. The molecule has 100 valence electrons. The molecular formula is C14H19N5. The zero-order valence-electron chi connectivity index (χ0n) is 11.4. The average molecular weight is 257 g/mol. The molecule has 1 aliphatic carbocycles. The van der Waals surface area contributed by atoms with Crippen molar-refractivity contribution in [1.82, 2.24) is 19.7 Å². The van der Waals surface area contributed by atoms with E-state index in [1.807, 2.05) is 6.07 Å². The molecule has 0 aromatic carbocycles. The zero-order valence-corrected chi connectivity index (χ0v) is 11.4. The molecule has 3 rings (SSSR count). The Hall–Kier alpha value is -1.91. The van der Waals surface area contributed by atoms with E-state index in [-0.39, 0.29) is 0 Å². The molecule has 19 heavy (non-hydrogen) atoms. The Labute approximate surface area is 113 Å². The van der Waals surface area contributed by atoms with Gasteiger partial charge in [0.15, 0.2) is 5.82 Å². The van der Waals surface area contributed by atoms with Gasteiger partial charge in [-0.3, -0.25) is 0 Å². The Kier molecular flexibility index (Phi) is 2.97. The van der Waals surface area contributed by atoms with Gasteiger partial charge >= 0.3 is 0 Å². The largest absolute Gasteiger partial charge is 0.379 e. The normalized spacial score (nSPS) is 21.5. The predicted octanol–water partition coefficient (Wildman–Crippen LogP) is 2.65. The maximum Gasteiger partial charge on any atom is 0.178 e. The summed E-state index contributed by atoms with van der Waals surface area (Å²) in [7, 11) is 0. The number of anilines is 1. The predicted molar refractivity (Wildman–Crippen MR) is 74.2 cm³/mol. The van der Waals surface area contributed by atoms with Crippen LogP contribution in [0.5, 0.6) is 0 Å². The summed E-state index contributed by atoms with van der Waals surface area (Å²) < 4.78 is 1.70. The number of pyridine rings is 1. The van der Waals surface area contributed by atoms with E-state index in [1.165, 1.54) is 25.6 Å². The van der Waals surface area contributed by atoms with Gasteiger partial charge in [0.05, 0.1) is 5.69 Å². The van der Waals surface area contributed by atoms with E-state index in [1.54, 1.807) is 17.2 Å². The average Bonchev–Trinajstić information content (AvgIpc) is 3.01. The van der Waals surface area contributed by atoms with Crippen LogP contribution in [-0.2, 0) is 0 Å². The summed E-state index contributed by atoms with van der Waals surface area (Å²) in [6.07, 6.45) is 8.74. The Morgan fingerprint density at radius 3 is 3.00 bits per heavy atom. The molecule has 2 heterocycles.